The van der Waals surface area contributed by atoms with Crippen molar-refractivity contribution in [2.45, 2.75) is 11.8 Å². The monoisotopic (exact) mass is 542 g/mol. The molecule has 4 aromatic rings. The van der Waals surface area contributed by atoms with E-state index in [0.29, 0.717) is 40.0 Å². The predicted octanol–water partition coefficient (Wildman–Crippen LogP) is 5.37. The van der Waals surface area contributed by atoms with Crippen molar-refractivity contribution in [3.8, 4) is 0 Å². The molecule has 0 radical (unpaired) electrons. The molecule has 188 valence electrons. The van der Waals surface area contributed by atoms with Crippen molar-refractivity contribution >= 4 is 59.9 Å². The SMILES string of the molecule is CCN(c1ccccc1)S(=O)(=O)c1ccc(C(=O)N(CCN(C)C)c2nc3c(Cl)cccc3s2)cc1. The van der Waals surface area contributed by atoms with E-state index in [2.05, 4.69) is 4.98 Å². The first kappa shape index (κ1) is 26.1. The number of benzene rings is 3. The molecule has 4 rings (SSSR count). The van der Waals surface area contributed by atoms with E-state index in [4.69, 9.17) is 11.6 Å². The highest BCUT2D eigenvalue weighted by molar-refractivity contribution is 7.92. The lowest BCUT2D eigenvalue weighted by Crippen LogP contribution is -2.36. The van der Waals surface area contributed by atoms with Crippen molar-refractivity contribution in [3.63, 3.8) is 0 Å². The van der Waals surface area contributed by atoms with E-state index in [0.717, 1.165) is 4.70 Å². The summed E-state index contributed by atoms with van der Waals surface area (Å²) in [7, 11) is 0.0827. The number of hydrogen-bond acceptors (Lipinski definition) is 6. The molecule has 0 unspecified atom stereocenters. The summed E-state index contributed by atoms with van der Waals surface area (Å²) in [6, 6.07) is 20.6. The molecule has 0 spiro atoms. The minimum atomic E-state index is -3.79. The summed E-state index contributed by atoms with van der Waals surface area (Å²) in [6.45, 7) is 3.12. The number of anilines is 2. The van der Waals surface area contributed by atoms with Gasteiger partial charge in [0.05, 0.1) is 20.3 Å². The summed E-state index contributed by atoms with van der Waals surface area (Å²) in [4.78, 5) is 21.9. The second-order valence-electron chi connectivity index (χ2n) is 8.37. The Kier molecular flexibility index (Phi) is 7.94. The Morgan fingerprint density at radius 3 is 2.25 bits per heavy atom. The molecular weight excluding hydrogens is 516 g/mol. The highest BCUT2D eigenvalue weighted by Gasteiger charge is 2.26. The molecule has 0 atom stereocenters. The van der Waals surface area contributed by atoms with E-state index in [-0.39, 0.29) is 17.3 Å². The first-order chi connectivity index (χ1) is 17.2. The van der Waals surface area contributed by atoms with Crippen LogP contribution in [0.4, 0.5) is 10.8 Å². The Balaban J connectivity index is 1.65. The van der Waals surface area contributed by atoms with Gasteiger partial charge in [-0.1, -0.05) is 47.2 Å². The Morgan fingerprint density at radius 1 is 0.944 bits per heavy atom. The van der Waals surface area contributed by atoms with Crippen LogP contribution in [-0.2, 0) is 10.0 Å². The smallest absolute Gasteiger partial charge is 0.264 e. The third-order valence-corrected chi connectivity index (χ3v) is 8.89. The number of sulfonamides is 1. The molecule has 0 aliphatic heterocycles. The zero-order valence-corrected chi connectivity index (χ0v) is 22.6. The summed E-state index contributed by atoms with van der Waals surface area (Å²) in [5, 5.41) is 1.08. The molecule has 7 nitrogen and oxygen atoms in total. The van der Waals surface area contributed by atoms with Gasteiger partial charge in [0.15, 0.2) is 5.13 Å². The number of likely N-dealkylation sites (N-methyl/N-ethyl adjacent to an activating group) is 1. The average molecular weight is 543 g/mol. The Labute approximate surface area is 220 Å². The van der Waals surface area contributed by atoms with Crippen LogP contribution in [-0.4, -0.2) is 57.9 Å². The summed E-state index contributed by atoms with van der Waals surface area (Å²) in [5.41, 5.74) is 1.62. The molecule has 1 heterocycles. The molecule has 0 fully saturated rings. The van der Waals surface area contributed by atoms with Crippen LogP contribution in [0.1, 0.15) is 17.3 Å². The Bertz CT molecular complexity index is 1460. The molecular formula is C26H27ClN4O3S2. The number of para-hydroxylation sites is 2. The molecule has 0 bridgehead atoms. The van der Waals surface area contributed by atoms with Crippen molar-refractivity contribution in [2.24, 2.45) is 0 Å². The molecule has 0 saturated carbocycles. The van der Waals surface area contributed by atoms with E-state index in [1.54, 1.807) is 54.3 Å². The van der Waals surface area contributed by atoms with Crippen molar-refractivity contribution in [1.82, 2.24) is 9.88 Å². The van der Waals surface area contributed by atoms with Gasteiger partial charge in [-0.3, -0.25) is 14.0 Å². The number of thiazole rings is 1. The van der Waals surface area contributed by atoms with Gasteiger partial charge >= 0.3 is 0 Å². The van der Waals surface area contributed by atoms with Crippen LogP contribution in [0, 0.1) is 0 Å². The quantitative estimate of drug-likeness (QED) is 0.284. The fraction of sp³-hybridized carbons (Fsp3) is 0.231. The molecule has 1 amide bonds. The number of hydrogen-bond donors (Lipinski definition) is 0. The minimum absolute atomic E-state index is 0.122. The summed E-state index contributed by atoms with van der Waals surface area (Å²) >= 11 is 7.71. The number of rotatable bonds is 9. The van der Waals surface area contributed by atoms with Crippen molar-refractivity contribution in [2.75, 3.05) is 42.9 Å². The van der Waals surface area contributed by atoms with Gasteiger partial charge in [0.25, 0.3) is 15.9 Å². The number of carbonyl (C=O) groups excluding carboxylic acids is 1. The zero-order valence-electron chi connectivity index (χ0n) is 20.3. The van der Waals surface area contributed by atoms with Crippen LogP contribution in [0.2, 0.25) is 5.02 Å². The van der Waals surface area contributed by atoms with Gasteiger partial charge in [-0.15, -0.1) is 0 Å². The molecule has 1 aromatic heterocycles. The van der Waals surface area contributed by atoms with E-state index in [1.165, 1.54) is 27.8 Å². The summed E-state index contributed by atoms with van der Waals surface area (Å²) in [6.07, 6.45) is 0. The third-order valence-electron chi connectivity index (χ3n) is 5.63. The average Bonchev–Trinajstić information content (AvgIpc) is 3.30. The number of amides is 1. The normalized spacial score (nSPS) is 11.7. The topological polar surface area (TPSA) is 73.8 Å². The largest absolute Gasteiger partial charge is 0.308 e. The highest BCUT2D eigenvalue weighted by Crippen LogP contribution is 2.33. The molecule has 0 N–H and O–H groups in total. The number of carbonyl (C=O) groups is 1. The molecule has 3 aromatic carbocycles. The lowest BCUT2D eigenvalue weighted by Gasteiger charge is -2.24. The number of aromatic nitrogens is 1. The highest BCUT2D eigenvalue weighted by atomic mass is 35.5. The van der Waals surface area contributed by atoms with Gasteiger partial charge in [0.1, 0.15) is 5.52 Å². The summed E-state index contributed by atoms with van der Waals surface area (Å²) < 4.78 is 28.9. The van der Waals surface area contributed by atoms with Crippen molar-refractivity contribution < 1.29 is 13.2 Å². The van der Waals surface area contributed by atoms with Gasteiger partial charge in [-0.2, -0.15) is 0 Å². The van der Waals surface area contributed by atoms with E-state index >= 15 is 0 Å². The third kappa shape index (κ3) is 5.39. The Morgan fingerprint density at radius 2 is 1.64 bits per heavy atom. The standard InChI is InChI=1S/C26H27ClN4O3S2/c1-4-31(20-9-6-5-7-10-20)36(33,34)21-15-13-19(14-16-21)25(32)30(18-17-29(2)3)26-28-24-22(27)11-8-12-23(24)35-26/h5-16H,4,17-18H2,1-3H3. The van der Waals surface area contributed by atoms with Crippen molar-refractivity contribution in [1.29, 1.82) is 0 Å². The minimum Gasteiger partial charge on any atom is -0.308 e. The lowest BCUT2D eigenvalue weighted by atomic mass is 10.2. The van der Waals surface area contributed by atoms with Crippen molar-refractivity contribution in [3.05, 3.63) is 83.4 Å². The molecule has 0 aliphatic rings. The second-order valence-corrected chi connectivity index (χ2v) is 11.7. The number of nitrogens with zero attached hydrogens (tertiary/aromatic N) is 4. The molecule has 36 heavy (non-hydrogen) atoms. The maximum Gasteiger partial charge on any atom is 0.264 e. The molecule has 10 heteroatoms. The fourth-order valence-electron chi connectivity index (χ4n) is 3.74. The maximum atomic E-state index is 13.6. The summed E-state index contributed by atoms with van der Waals surface area (Å²) in [5.74, 6) is -0.258. The van der Waals surface area contributed by atoms with Crippen LogP contribution >= 0.6 is 22.9 Å². The van der Waals surface area contributed by atoms with Crippen LogP contribution < -0.4 is 9.21 Å². The van der Waals surface area contributed by atoms with Gasteiger partial charge in [0, 0.05) is 25.2 Å². The van der Waals surface area contributed by atoms with Gasteiger partial charge in [-0.05, 0) is 69.6 Å². The lowest BCUT2D eigenvalue weighted by molar-refractivity contribution is 0.0985. The van der Waals surface area contributed by atoms with Crippen LogP contribution in [0.25, 0.3) is 10.2 Å². The van der Waals surface area contributed by atoms with Gasteiger partial charge < -0.3 is 4.90 Å². The van der Waals surface area contributed by atoms with E-state index in [1.807, 2.05) is 37.2 Å². The van der Waals surface area contributed by atoms with Crippen LogP contribution in [0.3, 0.4) is 0 Å². The maximum absolute atomic E-state index is 13.6. The van der Waals surface area contributed by atoms with E-state index < -0.39 is 10.0 Å². The first-order valence-corrected chi connectivity index (χ1v) is 14.1. The first-order valence-electron chi connectivity index (χ1n) is 11.4. The van der Waals surface area contributed by atoms with Gasteiger partial charge in [-0.25, -0.2) is 13.4 Å². The van der Waals surface area contributed by atoms with Gasteiger partial charge in [0.2, 0.25) is 0 Å². The number of fused-ring (bicyclic) bond motifs is 1. The second kappa shape index (κ2) is 11.0. The molecule has 0 aliphatic carbocycles. The fourth-order valence-corrected chi connectivity index (χ4v) is 6.50. The predicted molar refractivity (Wildman–Crippen MR) is 148 cm³/mol. The van der Waals surface area contributed by atoms with Crippen LogP contribution in [0.5, 0.6) is 0 Å². The van der Waals surface area contributed by atoms with E-state index in [9.17, 15) is 13.2 Å². The number of halogens is 1. The van der Waals surface area contributed by atoms with Crippen LogP contribution in [0.15, 0.2) is 77.7 Å². The molecule has 0 saturated heterocycles. The zero-order chi connectivity index (χ0) is 25.9. The Hall–Kier alpha value is -2.98.